The summed E-state index contributed by atoms with van der Waals surface area (Å²) in [6, 6.07) is 1.23. The molecule has 1 saturated heterocycles. The Morgan fingerprint density at radius 2 is 2.25 bits per heavy atom. The molecule has 0 spiro atoms. The minimum Gasteiger partial charge on any atom is -0.481 e. The molecule has 1 fully saturated rings. The van der Waals surface area contributed by atoms with Crippen molar-refractivity contribution in [3.05, 3.63) is 28.5 Å². The molecule has 0 radical (unpaired) electrons. The summed E-state index contributed by atoms with van der Waals surface area (Å²) in [6.07, 6.45) is 3.06. The van der Waals surface area contributed by atoms with Crippen molar-refractivity contribution in [2.75, 3.05) is 19.8 Å². The lowest BCUT2D eigenvalue weighted by molar-refractivity contribution is -0.142. The maximum atomic E-state index is 12.5. The second kappa shape index (κ2) is 6.32. The van der Waals surface area contributed by atoms with Crippen molar-refractivity contribution in [2.24, 2.45) is 5.92 Å². The standard InChI is InChI=1S/C13H15BrN2O4/c1-2-16(11-7-20-6-10(11)13(18)19)12(17)8-3-9(14)5-15-4-8/h3-5,10-11H,2,6-7H2,1H3,(H,18,19). The third-order valence-corrected chi connectivity index (χ3v) is 3.76. The molecule has 0 bridgehead atoms. The predicted octanol–water partition coefficient (Wildman–Crippen LogP) is 1.41. The molecule has 2 atom stereocenters. The smallest absolute Gasteiger partial charge is 0.311 e. The molecule has 0 aromatic carbocycles. The summed E-state index contributed by atoms with van der Waals surface area (Å²) in [5, 5.41) is 9.19. The highest BCUT2D eigenvalue weighted by atomic mass is 79.9. The lowest BCUT2D eigenvalue weighted by Gasteiger charge is -2.29. The Bertz CT molecular complexity index is 523. The van der Waals surface area contributed by atoms with E-state index in [-0.39, 0.29) is 19.1 Å². The van der Waals surface area contributed by atoms with Crippen LogP contribution in [0.5, 0.6) is 0 Å². The average Bonchev–Trinajstić information content (AvgIpc) is 2.89. The number of amides is 1. The van der Waals surface area contributed by atoms with E-state index in [1.54, 1.807) is 12.3 Å². The van der Waals surface area contributed by atoms with Gasteiger partial charge in [-0.2, -0.15) is 0 Å². The minimum absolute atomic E-state index is 0.139. The van der Waals surface area contributed by atoms with Crippen LogP contribution in [-0.2, 0) is 9.53 Å². The number of hydrogen-bond donors (Lipinski definition) is 1. The number of hydrogen-bond acceptors (Lipinski definition) is 4. The molecule has 2 unspecified atom stereocenters. The van der Waals surface area contributed by atoms with E-state index >= 15 is 0 Å². The van der Waals surface area contributed by atoms with E-state index in [9.17, 15) is 14.7 Å². The maximum Gasteiger partial charge on any atom is 0.311 e. The maximum absolute atomic E-state index is 12.5. The van der Waals surface area contributed by atoms with Crippen molar-refractivity contribution in [3.63, 3.8) is 0 Å². The van der Waals surface area contributed by atoms with Gasteiger partial charge in [-0.1, -0.05) is 0 Å². The number of halogens is 1. The number of aromatic nitrogens is 1. The van der Waals surface area contributed by atoms with Crippen molar-refractivity contribution >= 4 is 27.8 Å². The first-order chi connectivity index (χ1) is 9.54. The van der Waals surface area contributed by atoms with Crippen LogP contribution in [0.25, 0.3) is 0 Å². The summed E-state index contributed by atoms with van der Waals surface area (Å²) in [5.74, 6) is -1.85. The lowest BCUT2D eigenvalue weighted by atomic mass is 10.0. The number of carboxylic acid groups (broad SMARTS) is 1. The Morgan fingerprint density at radius 1 is 1.50 bits per heavy atom. The van der Waals surface area contributed by atoms with Crippen LogP contribution in [0.4, 0.5) is 0 Å². The summed E-state index contributed by atoms with van der Waals surface area (Å²) in [4.78, 5) is 29.2. The van der Waals surface area contributed by atoms with Gasteiger partial charge >= 0.3 is 5.97 Å². The Morgan fingerprint density at radius 3 is 2.85 bits per heavy atom. The molecule has 1 N–H and O–H groups in total. The van der Waals surface area contributed by atoms with E-state index in [2.05, 4.69) is 20.9 Å². The molecule has 1 aliphatic rings. The molecule has 0 saturated carbocycles. The fraction of sp³-hybridized carbons (Fsp3) is 0.462. The Balaban J connectivity index is 2.23. The molecule has 108 valence electrons. The van der Waals surface area contributed by atoms with E-state index in [0.717, 1.165) is 0 Å². The lowest BCUT2D eigenvalue weighted by Crippen LogP contribution is -2.46. The van der Waals surface area contributed by atoms with Gasteiger partial charge in [-0.25, -0.2) is 0 Å². The number of ether oxygens (including phenoxy) is 1. The normalized spacial score (nSPS) is 21.7. The van der Waals surface area contributed by atoms with E-state index in [1.165, 1.54) is 11.1 Å². The van der Waals surface area contributed by atoms with Crippen molar-refractivity contribution in [3.8, 4) is 0 Å². The highest BCUT2D eigenvalue weighted by Crippen LogP contribution is 2.22. The molecule has 1 amide bonds. The highest BCUT2D eigenvalue weighted by molar-refractivity contribution is 9.10. The van der Waals surface area contributed by atoms with E-state index in [1.807, 2.05) is 6.92 Å². The van der Waals surface area contributed by atoms with Crippen LogP contribution in [0, 0.1) is 5.92 Å². The van der Waals surface area contributed by atoms with Crippen LogP contribution in [-0.4, -0.2) is 52.7 Å². The predicted molar refractivity (Wildman–Crippen MR) is 74.4 cm³/mol. The van der Waals surface area contributed by atoms with Crippen LogP contribution < -0.4 is 0 Å². The number of carbonyl (C=O) groups excluding carboxylic acids is 1. The molecule has 0 aliphatic carbocycles. The number of rotatable bonds is 4. The fourth-order valence-corrected chi connectivity index (χ4v) is 2.67. The topological polar surface area (TPSA) is 79.7 Å². The number of aliphatic carboxylic acids is 1. The molecule has 6 nitrogen and oxygen atoms in total. The van der Waals surface area contributed by atoms with Crippen LogP contribution in [0.2, 0.25) is 0 Å². The second-order valence-corrected chi connectivity index (χ2v) is 5.45. The van der Waals surface area contributed by atoms with E-state index in [4.69, 9.17) is 4.74 Å². The fourth-order valence-electron chi connectivity index (χ4n) is 2.31. The minimum atomic E-state index is -0.939. The van der Waals surface area contributed by atoms with Gasteiger partial charge in [0.1, 0.15) is 5.92 Å². The van der Waals surface area contributed by atoms with E-state index < -0.39 is 17.9 Å². The molecule has 1 aromatic heterocycles. The molecular weight excluding hydrogens is 328 g/mol. The van der Waals surface area contributed by atoms with Gasteiger partial charge in [0.05, 0.1) is 24.8 Å². The highest BCUT2D eigenvalue weighted by Gasteiger charge is 2.39. The third-order valence-electron chi connectivity index (χ3n) is 3.32. The van der Waals surface area contributed by atoms with Gasteiger partial charge in [0, 0.05) is 23.4 Å². The largest absolute Gasteiger partial charge is 0.481 e. The number of carboxylic acids is 1. The summed E-state index contributed by atoms with van der Waals surface area (Å²) < 4.78 is 5.93. The zero-order valence-corrected chi connectivity index (χ0v) is 12.5. The van der Waals surface area contributed by atoms with Gasteiger partial charge in [0.15, 0.2) is 0 Å². The van der Waals surface area contributed by atoms with Crippen LogP contribution >= 0.6 is 15.9 Å². The number of nitrogens with zero attached hydrogens (tertiary/aromatic N) is 2. The van der Waals surface area contributed by atoms with Crippen molar-refractivity contribution in [2.45, 2.75) is 13.0 Å². The Kier molecular flexibility index (Phi) is 4.72. The molecule has 20 heavy (non-hydrogen) atoms. The molecule has 2 heterocycles. The van der Waals surface area contributed by atoms with Gasteiger partial charge in [-0.15, -0.1) is 0 Å². The van der Waals surface area contributed by atoms with Crippen LogP contribution in [0.3, 0.4) is 0 Å². The second-order valence-electron chi connectivity index (χ2n) is 4.53. The first-order valence-electron chi connectivity index (χ1n) is 6.26. The average molecular weight is 343 g/mol. The molecule has 2 rings (SSSR count). The summed E-state index contributed by atoms with van der Waals surface area (Å²) >= 11 is 3.27. The summed E-state index contributed by atoms with van der Waals surface area (Å²) in [7, 11) is 0. The van der Waals surface area contributed by atoms with Gasteiger partial charge in [-0.05, 0) is 28.9 Å². The first kappa shape index (κ1) is 14.9. The Hall–Kier alpha value is -1.47. The van der Waals surface area contributed by atoms with Gasteiger partial charge in [0.25, 0.3) is 5.91 Å². The monoisotopic (exact) mass is 342 g/mol. The van der Waals surface area contributed by atoms with Crippen molar-refractivity contribution in [1.29, 1.82) is 0 Å². The third kappa shape index (κ3) is 2.99. The summed E-state index contributed by atoms with van der Waals surface area (Å²) in [6.45, 7) is 2.63. The molecular formula is C13H15BrN2O4. The van der Waals surface area contributed by atoms with Crippen LogP contribution in [0.15, 0.2) is 22.9 Å². The zero-order chi connectivity index (χ0) is 14.7. The van der Waals surface area contributed by atoms with Crippen molar-refractivity contribution < 1.29 is 19.4 Å². The molecule has 1 aliphatic heterocycles. The molecule has 7 heteroatoms. The summed E-state index contributed by atoms with van der Waals surface area (Å²) in [5.41, 5.74) is 0.428. The number of carbonyl (C=O) groups is 2. The van der Waals surface area contributed by atoms with Crippen LogP contribution in [0.1, 0.15) is 17.3 Å². The quantitative estimate of drug-likeness (QED) is 0.894. The Labute approximate surface area is 124 Å². The SMILES string of the molecule is CCN(C(=O)c1cncc(Br)c1)C1COCC1C(=O)O. The molecule has 1 aromatic rings. The van der Waals surface area contributed by atoms with Crippen molar-refractivity contribution in [1.82, 2.24) is 9.88 Å². The number of pyridine rings is 1. The van der Waals surface area contributed by atoms with Gasteiger partial charge in [0.2, 0.25) is 0 Å². The first-order valence-corrected chi connectivity index (χ1v) is 7.06. The number of likely N-dealkylation sites (N-methyl/N-ethyl adjacent to an activating group) is 1. The zero-order valence-electron chi connectivity index (χ0n) is 11.0. The van der Waals surface area contributed by atoms with Gasteiger partial charge in [-0.3, -0.25) is 14.6 Å². The van der Waals surface area contributed by atoms with E-state index in [0.29, 0.717) is 16.6 Å². The van der Waals surface area contributed by atoms with Gasteiger partial charge < -0.3 is 14.7 Å².